The van der Waals surface area contributed by atoms with Crippen LogP contribution in [0.25, 0.3) is 0 Å². The molecule has 126 valence electrons. The minimum Gasteiger partial charge on any atom is -0.407 e. The molecule has 4 nitrogen and oxygen atoms in total. The number of aromatic nitrogens is 2. The van der Waals surface area contributed by atoms with Gasteiger partial charge in [-0.1, -0.05) is 25.9 Å². The zero-order chi connectivity index (χ0) is 16.7. The zero-order valence-corrected chi connectivity index (χ0v) is 13.7. The third-order valence-electron chi connectivity index (χ3n) is 4.83. The fraction of sp³-hybridized carbons (Fsp3) is 0.867. The molecule has 2 rings (SSSR count). The molecule has 3 atom stereocenters. The lowest BCUT2D eigenvalue weighted by Gasteiger charge is -2.26. The minimum atomic E-state index is -4.14. The van der Waals surface area contributed by atoms with Crippen LogP contribution >= 0.6 is 0 Å². The maximum absolute atomic E-state index is 12.7. The molecular weight excluding hydrogens is 295 g/mol. The van der Waals surface area contributed by atoms with Gasteiger partial charge >= 0.3 is 12.2 Å². The highest BCUT2D eigenvalue weighted by Crippen LogP contribution is 2.40. The highest BCUT2D eigenvalue weighted by molar-refractivity contribution is 5.32. The minimum absolute atomic E-state index is 0.0413. The van der Waals surface area contributed by atoms with Crippen molar-refractivity contribution in [2.45, 2.75) is 77.6 Å². The van der Waals surface area contributed by atoms with Crippen molar-refractivity contribution in [2.75, 3.05) is 4.90 Å². The van der Waals surface area contributed by atoms with Crippen molar-refractivity contribution in [3.63, 3.8) is 0 Å². The Morgan fingerprint density at radius 2 is 1.86 bits per heavy atom. The topological polar surface area (TPSA) is 42.2 Å². The molecule has 22 heavy (non-hydrogen) atoms. The molecule has 1 aliphatic rings. The van der Waals surface area contributed by atoms with E-state index < -0.39 is 18.5 Å². The summed E-state index contributed by atoms with van der Waals surface area (Å²) in [6, 6.07) is 0.0243. The molecule has 0 amide bonds. The Kier molecular flexibility index (Phi) is 4.46. The van der Waals surface area contributed by atoms with E-state index in [1.54, 1.807) is 6.92 Å². The second-order valence-corrected chi connectivity index (χ2v) is 6.94. The maximum atomic E-state index is 12.7. The predicted octanol–water partition coefficient (Wildman–Crippen LogP) is 4.31. The second-order valence-electron chi connectivity index (χ2n) is 6.94. The average molecular weight is 319 g/mol. The van der Waals surface area contributed by atoms with E-state index in [0.717, 1.165) is 6.42 Å². The Bertz CT molecular complexity index is 512. The summed E-state index contributed by atoms with van der Waals surface area (Å²) in [6.45, 7) is 9.75. The second kappa shape index (κ2) is 5.74. The van der Waals surface area contributed by atoms with Gasteiger partial charge in [0.2, 0.25) is 5.89 Å². The number of halogens is 3. The molecule has 0 radical (unpaired) electrons. The number of nitrogens with zero attached hydrogens (tertiary/aromatic N) is 3. The summed E-state index contributed by atoms with van der Waals surface area (Å²) in [7, 11) is 0. The summed E-state index contributed by atoms with van der Waals surface area (Å²) < 4.78 is 43.8. The van der Waals surface area contributed by atoms with Crippen molar-refractivity contribution in [2.24, 2.45) is 5.92 Å². The molecule has 2 heterocycles. The summed E-state index contributed by atoms with van der Waals surface area (Å²) in [5.41, 5.74) is -0.233. The van der Waals surface area contributed by atoms with Crippen LogP contribution < -0.4 is 4.90 Å². The SMILES string of the molecule is CCC(C)(C)c1nnc(N2C(C)CC(CC(F)(F)F)C2C)o1. The molecule has 1 aromatic rings. The zero-order valence-electron chi connectivity index (χ0n) is 13.7. The van der Waals surface area contributed by atoms with E-state index in [0.29, 0.717) is 18.3 Å². The van der Waals surface area contributed by atoms with Gasteiger partial charge in [-0.05, 0) is 32.6 Å². The molecule has 0 bridgehead atoms. The van der Waals surface area contributed by atoms with Crippen molar-refractivity contribution in [3.05, 3.63) is 5.89 Å². The first-order valence-corrected chi connectivity index (χ1v) is 7.74. The third-order valence-corrected chi connectivity index (χ3v) is 4.83. The number of rotatable bonds is 4. The Balaban J connectivity index is 2.19. The first kappa shape index (κ1) is 17.1. The largest absolute Gasteiger partial charge is 0.407 e. The van der Waals surface area contributed by atoms with Gasteiger partial charge in [-0.2, -0.15) is 13.2 Å². The van der Waals surface area contributed by atoms with Crippen LogP contribution in [0.2, 0.25) is 0 Å². The van der Waals surface area contributed by atoms with E-state index >= 15 is 0 Å². The summed E-state index contributed by atoms with van der Waals surface area (Å²) in [6.07, 6.45) is -3.58. The van der Waals surface area contributed by atoms with Crippen LogP contribution in [0.5, 0.6) is 0 Å². The van der Waals surface area contributed by atoms with Crippen molar-refractivity contribution in [1.82, 2.24) is 10.2 Å². The molecular formula is C15H24F3N3O. The van der Waals surface area contributed by atoms with Gasteiger partial charge in [0.05, 0.1) is 0 Å². The fourth-order valence-corrected chi connectivity index (χ4v) is 3.04. The lowest BCUT2D eigenvalue weighted by molar-refractivity contribution is -0.144. The molecule has 1 aliphatic heterocycles. The van der Waals surface area contributed by atoms with Gasteiger partial charge in [-0.25, -0.2) is 0 Å². The van der Waals surface area contributed by atoms with E-state index in [-0.39, 0.29) is 17.5 Å². The summed E-state index contributed by atoms with van der Waals surface area (Å²) in [5.74, 6) is 0.0909. The van der Waals surface area contributed by atoms with Crippen LogP contribution in [0.15, 0.2) is 4.42 Å². The Morgan fingerprint density at radius 1 is 1.23 bits per heavy atom. The van der Waals surface area contributed by atoms with Gasteiger partial charge in [0.1, 0.15) is 0 Å². The van der Waals surface area contributed by atoms with Crippen LogP contribution in [-0.2, 0) is 5.41 Å². The van der Waals surface area contributed by atoms with E-state index in [4.69, 9.17) is 4.42 Å². The highest BCUT2D eigenvalue weighted by Gasteiger charge is 2.44. The number of hydrogen-bond acceptors (Lipinski definition) is 4. The predicted molar refractivity (Wildman–Crippen MR) is 77.8 cm³/mol. The van der Waals surface area contributed by atoms with E-state index in [9.17, 15) is 13.2 Å². The van der Waals surface area contributed by atoms with Crippen LogP contribution in [0.3, 0.4) is 0 Å². The number of hydrogen-bond donors (Lipinski definition) is 0. The van der Waals surface area contributed by atoms with Crippen LogP contribution in [0.4, 0.5) is 19.2 Å². The van der Waals surface area contributed by atoms with Crippen LogP contribution in [0, 0.1) is 5.92 Å². The quantitative estimate of drug-likeness (QED) is 0.829. The lowest BCUT2D eigenvalue weighted by Crippen LogP contribution is -2.35. The molecule has 3 unspecified atom stereocenters. The van der Waals surface area contributed by atoms with Crippen molar-refractivity contribution in [1.29, 1.82) is 0 Å². The van der Waals surface area contributed by atoms with Crippen molar-refractivity contribution < 1.29 is 17.6 Å². The van der Waals surface area contributed by atoms with Gasteiger partial charge in [0, 0.05) is 23.9 Å². The molecule has 0 aromatic carbocycles. The monoisotopic (exact) mass is 319 g/mol. The first-order chi connectivity index (χ1) is 10.0. The van der Waals surface area contributed by atoms with E-state index in [2.05, 4.69) is 10.2 Å². The number of anilines is 1. The molecule has 1 saturated heterocycles. The van der Waals surface area contributed by atoms with Gasteiger partial charge in [0.25, 0.3) is 0 Å². The molecule has 7 heteroatoms. The molecule has 0 spiro atoms. The maximum Gasteiger partial charge on any atom is 0.389 e. The third kappa shape index (κ3) is 3.38. The summed E-state index contributed by atoms with van der Waals surface area (Å²) in [5, 5.41) is 8.16. The fourth-order valence-electron chi connectivity index (χ4n) is 3.04. The van der Waals surface area contributed by atoms with Crippen LogP contribution in [0.1, 0.15) is 59.8 Å². The van der Waals surface area contributed by atoms with Crippen molar-refractivity contribution in [3.8, 4) is 0 Å². The van der Waals surface area contributed by atoms with Crippen molar-refractivity contribution >= 4 is 6.01 Å². The van der Waals surface area contributed by atoms with Gasteiger partial charge in [-0.15, -0.1) is 5.10 Å². The normalized spacial score (nSPS) is 26.7. The highest BCUT2D eigenvalue weighted by atomic mass is 19.4. The first-order valence-electron chi connectivity index (χ1n) is 7.74. The molecule has 1 aromatic heterocycles. The van der Waals surface area contributed by atoms with E-state index in [1.807, 2.05) is 32.6 Å². The molecule has 0 N–H and O–H groups in total. The molecule has 0 saturated carbocycles. The van der Waals surface area contributed by atoms with Crippen LogP contribution in [-0.4, -0.2) is 28.5 Å². The summed E-state index contributed by atoms with van der Waals surface area (Å²) in [4.78, 5) is 1.83. The number of alkyl halides is 3. The Morgan fingerprint density at radius 3 is 2.41 bits per heavy atom. The van der Waals surface area contributed by atoms with E-state index in [1.165, 1.54) is 0 Å². The smallest absolute Gasteiger partial charge is 0.389 e. The Labute approximate surface area is 129 Å². The van der Waals surface area contributed by atoms with Gasteiger partial charge in [0.15, 0.2) is 0 Å². The molecule has 1 fully saturated rings. The van der Waals surface area contributed by atoms with Gasteiger partial charge in [-0.3, -0.25) is 0 Å². The Hall–Kier alpha value is -1.27. The molecule has 0 aliphatic carbocycles. The average Bonchev–Trinajstić information content (AvgIpc) is 2.95. The summed E-state index contributed by atoms with van der Waals surface area (Å²) >= 11 is 0. The van der Waals surface area contributed by atoms with Gasteiger partial charge < -0.3 is 9.32 Å². The standard InChI is InChI=1S/C15H24F3N3O/c1-6-14(4,5)12-19-20-13(22-12)21-9(2)7-11(10(21)3)8-15(16,17)18/h9-11H,6-8H2,1-5H3. The lowest BCUT2D eigenvalue weighted by atomic mass is 9.90.